The second-order valence-electron chi connectivity index (χ2n) is 5.83. The van der Waals surface area contributed by atoms with E-state index in [9.17, 15) is 4.79 Å². The van der Waals surface area contributed by atoms with Gasteiger partial charge in [-0.05, 0) is 24.6 Å². The SMILES string of the molecule is CC1=N[C@H](Cc2c[nH]c3ccccc23)C(=O)Nc2ccccc21. The van der Waals surface area contributed by atoms with Crippen molar-refractivity contribution in [3.8, 4) is 0 Å². The van der Waals surface area contributed by atoms with Gasteiger partial charge in [0, 0.05) is 40.5 Å². The fourth-order valence-corrected chi connectivity index (χ4v) is 3.13. The van der Waals surface area contributed by atoms with E-state index in [0.717, 1.165) is 33.4 Å². The summed E-state index contributed by atoms with van der Waals surface area (Å²) in [5, 5.41) is 4.15. The predicted molar refractivity (Wildman–Crippen MR) is 93.1 cm³/mol. The van der Waals surface area contributed by atoms with Crippen molar-refractivity contribution in [2.45, 2.75) is 19.4 Å². The summed E-state index contributed by atoms with van der Waals surface area (Å²) < 4.78 is 0. The molecule has 114 valence electrons. The van der Waals surface area contributed by atoms with Crippen LogP contribution in [0.1, 0.15) is 18.1 Å². The number of hydrogen-bond donors (Lipinski definition) is 2. The molecule has 2 N–H and O–H groups in total. The maximum atomic E-state index is 12.6. The summed E-state index contributed by atoms with van der Waals surface area (Å²) in [5.41, 5.74) is 4.91. The maximum Gasteiger partial charge on any atom is 0.249 e. The normalized spacial score (nSPS) is 17.3. The zero-order chi connectivity index (χ0) is 15.8. The first-order chi connectivity index (χ1) is 11.2. The molecular formula is C19H17N3O. The molecule has 23 heavy (non-hydrogen) atoms. The number of nitrogens with zero attached hydrogens (tertiary/aromatic N) is 1. The first-order valence-corrected chi connectivity index (χ1v) is 7.72. The van der Waals surface area contributed by atoms with Crippen LogP contribution in [0.5, 0.6) is 0 Å². The second kappa shape index (κ2) is 5.39. The Morgan fingerprint density at radius 3 is 2.78 bits per heavy atom. The van der Waals surface area contributed by atoms with Crippen LogP contribution in [0.2, 0.25) is 0 Å². The van der Waals surface area contributed by atoms with Gasteiger partial charge in [-0.25, -0.2) is 0 Å². The molecule has 0 unspecified atom stereocenters. The molecule has 0 saturated carbocycles. The number of H-pyrrole nitrogens is 1. The number of benzodiazepines with no additional fused rings is 1. The van der Waals surface area contributed by atoms with Crippen molar-refractivity contribution in [1.82, 2.24) is 4.98 Å². The monoisotopic (exact) mass is 303 g/mol. The van der Waals surface area contributed by atoms with E-state index in [2.05, 4.69) is 21.4 Å². The number of hydrogen-bond acceptors (Lipinski definition) is 2. The van der Waals surface area contributed by atoms with Crippen molar-refractivity contribution in [1.29, 1.82) is 0 Å². The number of carbonyl (C=O) groups is 1. The van der Waals surface area contributed by atoms with Gasteiger partial charge < -0.3 is 10.3 Å². The lowest BCUT2D eigenvalue weighted by atomic mass is 10.0. The third-order valence-electron chi connectivity index (χ3n) is 4.32. The number of para-hydroxylation sites is 2. The summed E-state index contributed by atoms with van der Waals surface area (Å²) in [7, 11) is 0. The molecule has 2 heterocycles. The summed E-state index contributed by atoms with van der Waals surface area (Å²) in [6.07, 6.45) is 2.56. The third kappa shape index (κ3) is 2.42. The van der Waals surface area contributed by atoms with E-state index in [1.54, 1.807) is 0 Å². The van der Waals surface area contributed by atoms with Crippen molar-refractivity contribution < 1.29 is 4.79 Å². The van der Waals surface area contributed by atoms with Gasteiger partial charge in [-0.1, -0.05) is 36.4 Å². The number of aliphatic imine (C=N–C) groups is 1. The topological polar surface area (TPSA) is 57.2 Å². The minimum absolute atomic E-state index is 0.0559. The molecular weight excluding hydrogens is 286 g/mol. The Kier molecular flexibility index (Phi) is 3.23. The number of aromatic amines is 1. The minimum Gasteiger partial charge on any atom is -0.361 e. The van der Waals surface area contributed by atoms with Crippen LogP contribution < -0.4 is 5.32 Å². The van der Waals surface area contributed by atoms with Crippen molar-refractivity contribution in [2.75, 3.05) is 5.32 Å². The van der Waals surface area contributed by atoms with Crippen LogP contribution in [-0.4, -0.2) is 22.6 Å². The lowest BCUT2D eigenvalue weighted by Gasteiger charge is -2.10. The fourth-order valence-electron chi connectivity index (χ4n) is 3.13. The minimum atomic E-state index is -0.415. The highest BCUT2D eigenvalue weighted by Crippen LogP contribution is 2.24. The van der Waals surface area contributed by atoms with Crippen LogP contribution in [0.4, 0.5) is 5.69 Å². The zero-order valence-electron chi connectivity index (χ0n) is 12.8. The van der Waals surface area contributed by atoms with E-state index in [1.165, 1.54) is 0 Å². The van der Waals surface area contributed by atoms with Gasteiger partial charge in [0.2, 0.25) is 5.91 Å². The van der Waals surface area contributed by atoms with E-state index < -0.39 is 6.04 Å². The Bertz CT molecular complexity index is 923. The van der Waals surface area contributed by atoms with E-state index in [1.807, 2.05) is 55.6 Å². The number of carbonyl (C=O) groups excluding carboxylic acids is 1. The molecule has 1 amide bonds. The molecule has 0 aliphatic carbocycles. The zero-order valence-corrected chi connectivity index (χ0v) is 12.8. The number of nitrogens with one attached hydrogen (secondary N) is 2. The molecule has 1 aliphatic heterocycles. The van der Waals surface area contributed by atoms with E-state index >= 15 is 0 Å². The summed E-state index contributed by atoms with van der Waals surface area (Å²) >= 11 is 0. The Morgan fingerprint density at radius 1 is 1.09 bits per heavy atom. The number of rotatable bonds is 2. The van der Waals surface area contributed by atoms with Crippen LogP contribution in [0.3, 0.4) is 0 Å². The van der Waals surface area contributed by atoms with Gasteiger partial charge in [-0.2, -0.15) is 0 Å². The van der Waals surface area contributed by atoms with Crippen molar-refractivity contribution in [3.63, 3.8) is 0 Å². The first kappa shape index (κ1) is 13.8. The number of benzene rings is 2. The van der Waals surface area contributed by atoms with Gasteiger partial charge in [-0.3, -0.25) is 9.79 Å². The van der Waals surface area contributed by atoms with Gasteiger partial charge in [0.1, 0.15) is 6.04 Å². The first-order valence-electron chi connectivity index (χ1n) is 7.72. The quantitative estimate of drug-likeness (QED) is 0.747. The molecule has 0 radical (unpaired) electrons. The van der Waals surface area contributed by atoms with E-state index in [0.29, 0.717) is 6.42 Å². The second-order valence-corrected chi connectivity index (χ2v) is 5.83. The molecule has 0 fully saturated rings. The molecule has 1 aliphatic rings. The number of fused-ring (bicyclic) bond motifs is 2. The third-order valence-corrected chi connectivity index (χ3v) is 4.32. The lowest BCUT2D eigenvalue weighted by molar-refractivity contribution is -0.117. The van der Waals surface area contributed by atoms with E-state index in [4.69, 9.17) is 0 Å². The summed E-state index contributed by atoms with van der Waals surface area (Å²) in [6, 6.07) is 15.5. The smallest absolute Gasteiger partial charge is 0.249 e. The largest absolute Gasteiger partial charge is 0.361 e. The van der Waals surface area contributed by atoms with Crippen LogP contribution >= 0.6 is 0 Å². The van der Waals surface area contributed by atoms with Gasteiger partial charge >= 0.3 is 0 Å². The predicted octanol–water partition coefficient (Wildman–Crippen LogP) is 3.54. The molecule has 4 heteroatoms. The van der Waals surface area contributed by atoms with Crippen molar-refractivity contribution in [2.24, 2.45) is 4.99 Å². The average Bonchev–Trinajstić information content (AvgIpc) is 2.92. The summed E-state index contributed by atoms with van der Waals surface area (Å²) in [4.78, 5) is 20.5. The molecule has 4 nitrogen and oxygen atoms in total. The average molecular weight is 303 g/mol. The molecule has 1 atom stereocenters. The van der Waals surface area contributed by atoms with Crippen LogP contribution in [0.15, 0.2) is 59.7 Å². The number of anilines is 1. The van der Waals surface area contributed by atoms with E-state index in [-0.39, 0.29) is 5.91 Å². The highest BCUT2D eigenvalue weighted by atomic mass is 16.2. The molecule has 0 bridgehead atoms. The molecule has 1 aromatic heterocycles. The van der Waals surface area contributed by atoms with Gasteiger partial charge in [0.15, 0.2) is 0 Å². The van der Waals surface area contributed by atoms with Crippen LogP contribution in [0, 0.1) is 0 Å². The molecule has 0 saturated heterocycles. The van der Waals surface area contributed by atoms with Crippen molar-refractivity contribution >= 4 is 28.2 Å². The molecule has 4 rings (SSSR count). The summed E-state index contributed by atoms with van der Waals surface area (Å²) in [5.74, 6) is -0.0559. The van der Waals surface area contributed by atoms with Crippen LogP contribution in [0.25, 0.3) is 10.9 Å². The molecule has 2 aromatic carbocycles. The van der Waals surface area contributed by atoms with Gasteiger partial charge in [0.25, 0.3) is 0 Å². The lowest BCUT2D eigenvalue weighted by Crippen LogP contribution is -2.27. The van der Waals surface area contributed by atoms with Gasteiger partial charge in [0.05, 0.1) is 0 Å². The highest BCUT2D eigenvalue weighted by molar-refractivity contribution is 6.11. The number of amides is 1. The molecule has 0 spiro atoms. The number of aromatic nitrogens is 1. The maximum absolute atomic E-state index is 12.6. The Morgan fingerprint density at radius 2 is 1.87 bits per heavy atom. The summed E-state index contributed by atoms with van der Waals surface area (Å²) in [6.45, 7) is 1.96. The van der Waals surface area contributed by atoms with Crippen molar-refractivity contribution in [3.05, 3.63) is 65.9 Å². The van der Waals surface area contributed by atoms with Crippen LogP contribution in [-0.2, 0) is 11.2 Å². The molecule has 3 aromatic rings. The standard InChI is InChI=1S/C19H17N3O/c1-12-14-6-2-5-9-17(14)22-19(23)18(21-12)10-13-11-20-16-8-4-3-7-15(13)16/h2-9,11,18,20H,10H2,1H3,(H,22,23)/t18-/m1/s1. The Balaban J connectivity index is 1.70. The highest BCUT2D eigenvalue weighted by Gasteiger charge is 2.24. The Hall–Kier alpha value is -2.88. The fraction of sp³-hybridized carbons (Fsp3) is 0.158. The van der Waals surface area contributed by atoms with Gasteiger partial charge in [-0.15, -0.1) is 0 Å². The Labute approximate surface area is 134 Å².